The van der Waals surface area contributed by atoms with Gasteiger partial charge in [0.15, 0.2) is 0 Å². The van der Waals surface area contributed by atoms with Crippen LogP contribution in [-0.2, 0) is 11.3 Å². The van der Waals surface area contributed by atoms with E-state index in [1.165, 1.54) is 5.56 Å². The molecule has 0 atom stereocenters. The minimum atomic E-state index is 0.314. The Hall–Kier alpha value is -1.00. The van der Waals surface area contributed by atoms with Gasteiger partial charge in [-0.3, -0.25) is 9.69 Å². The van der Waals surface area contributed by atoms with Crippen LogP contribution in [0.1, 0.15) is 12.0 Å². The Bertz CT molecular complexity index is 388. The molecule has 0 aliphatic carbocycles. The summed E-state index contributed by atoms with van der Waals surface area (Å²) in [6.07, 6.45) is 2.73. The molecule has 1 aliphatic rings. The first-order valence-electron chi connectivity index (χ1n) is 6.82. The van der Waals surface area contributed by atoms with Crippen LogP contribution in [0.2, 0.25) is 0 Å². The number of carbonyl (C=O) groups is 1. The van der Waals surface area contributed by atoms with E-state index in [1.54, 1.807) is 11.8 Å². The summed E-state index contributed by atoms with van der Waals surface area (Å²) in [5.74, 6) is 1.25. The van der Waals surface area contributed by atoms with Crippen molar-refractivity contribution in [3.05, 3.63) is 35.9 Å². The van der Waals surface area contributed by atoms with Gasteiger partial charge in [0.2, 0.25) is 5.91 Å². The zero-order valence-electron chi connectivity index (χ0n) is 11.5. The molecule has 0 saturated carbocycles. The van der Waals surface area contributed by atoms with Crippen molar-refractivity contribution in [3.8, 4) is 0 Å². The van der Waals surface area contributed by atoms with Crippen molar-refractivity contribution in [2.75, 3.05) is 38.2 Å². The van der Waals surface area contributed by atoms with Crippen LogP contribution >= 0.6 is 11.8 Å². The minimum absolute atomic E-state index is 0.314. The molecule has 1 saturated heterocycles. The molecule has 19 heavy (non-hydrogen) atoms. The van der Waals surface area contributed by atoms with E-state index in [9.17, 15) is 4.79 Å². The third-order valence-electron chi connectivity index (χ3n) is 3.49. The van der Waals surface area contributed by atoms with Gasteiger partial charge >= 0.3 is 0 Å². The fourth-order valence-electron chi connectivity index (χ4n) is 2.34. The second-order valence-corrected chi connectivity index (χ2v) is 5.87. The molecule has 104 valence electrons. The number of thioether (sulfide) groups is 1. The molecule has 2 rings (SSSR count). The Morgan fingerprint density at radius 1 is 1.16 bits per heavy atom. The fourth-order valence-corrected chi connectivity index (χ4v) is 2.72. The lowest BCUT2D eigenvalue weighted by molar-refractivity contribution is -0.132. The third-order valence-corrected chi connectivity index (χ3v) is 4.11. The van der Waals surface area contributed by atoms with Crippen LogP contribution in [0.4, 0.5) is 0 Å². The lowest BCUT2D eigenvalue weighted by Gasteiger charge is -2.34. The summed E-state index contributed by atoms with van der Waals surface area (Å²) in [6, 6.07) is 10.5. The van der Waals surface area contributed by atoms with Crippen molar-refractivity contribution >= 4 is 17.7 Å². The molecule has 0 N–H and O–H groups in total. The maximum atomic E-state index is 11.9. The SMILES string of the molecule is CSCCC(=O)N1CCN(Cc2ccccc2)CC1. The van der Waals surface area contributed by atoms with E-state index in [4.69, 9.17) is 0 Å². The summed E-state index contributed by atoms with van der Waals surface area (Å²) in [4.78, 5) is 16.4. The third kappa shape index (κ3) is 4.55. The zero-order chi connectivity index (χ0) is 13.5. The normalized spacial score (nSPS) is 16.6. The summed E-state index contributed by atoms with van der Waals surface area (Å²) < 4.78 is 0. The first-order chi connectivity index (χ1) is 9.29. The molecule has 1 fully saturated rings. The van der Waals surface area contributed by atoms with Gasteiger partial charge in [0.05, 0.1) is 0 Å². The van der Waals surface area contributed by atoms with Gasteiger partial charge in [0.25, 0.3) is 0 Å². The number of amides is 1. The average Bonchev–Trinajstić information content (AvgIpc) is 2.46. The largest absolute Gasteiger partial charge is 0.340 e. The van der Waals surface area contributed by atoms with E-state index in [2.05, 4.69) is 29.2 Å². The summed E-state index contributed by atoms with van der Waals surface area (Å²) >= 11 is 1.74. The number of hydrogen-bond donors (Lipinski definition) is 0. The lowest BCUT2D eigenvalue weighted by atomic mass is 10.2. The number of piperazine rings is 1. The number of benzene rings is 1. The summed E-state index contributed by atoms with van der Waals surface area (Å²) in [6.45, 7) is 4.72. The van der Waals surface area contributed by atoms with Gasteiger partial charge in [-0.2, -0.15) is 11.8 Å². The number of rotatable bonds is 5. The molecular weight excluding hydrogens is 256 g/mol. The summed E-state index contributed by atoms with van der Waals surface area (Å²) in [5.41, 5.74) is 1.35. The smallest absolute Gasteiger partial charge is 0.223 e. The Balaban J connectivity index is 1.75. The maximum absolute atomic E-state index is 11.9. The molecule has 1 aromatic carbocycles. The van der Waals surface area contributed by atoms with Crippen LogP contribution in [0.25, 0.3) is 0 Å². The van der Waals surface area contributed by atoms with E-state index in [1.807, 2.05) is 17.2 Å². The fraction of sp³-hybridized carbons (Fsp3) is 0.533. The van der Waals surface area contributed by atoms with Gasteiger partial charge < -0.3 is 4.90 Å². The first-order valence-corrected chi connectivity index (χ1v) is 8.22. The van der Waals surface area contributed by atoms with Crippen LogP contribution < -0.4 is 0 Å². The minimum Gasteiger partial charge on any atom is -0.340 e. The summed E-state index contributed by atoms with van der Waals surface area (Å²) in [5, 5.41) is 0. The number of hydrogen-bond acceptors (Lipinski definition) is 3. The van der Waals surface area contributed by atoms with Crippen molar-refractivity contribution < 1.29 is 4.79 Å². The van der Waals surface area contributed by atoms with Crippen LogP contribution in [0.5, 0.6) is 0 Å². The zero-order valence-corrected chi connectivity index (χ0v) is 12.4. The quantitative estimate of drug-likeness (QED) is 0.824. The van der Waals surface area contributed by atoms with Gasteiger partial charge in [-0.25, -0.2) is 0 Å². The van der Waals surface area contributed by atoms with Gasteiger partial charge in [-0.05, 0) is 11.8 Å². The molecule has 0 bridgehead atoms. The predicted molar refractivity (Wildman–Crippen MR) is 81.3 cm³/mol. The molecular formula is C15H22N2OS. The van der Waals surface area contributed by atoms with Crippen molar-refractivity contribution in [2.24, 2.45) is 0 Å². The average molecular weight is 278 g/mol. The van der Waals surface area contributed by atoms with Gasteiger partial charge in [0.1, 0.15) is 0 Å². The van der Waals surface area contributed by atoms with Crippen LogP contribution in [0.3, 0.4) is 0 Å². The van der Waals surface area contributed by atoms with Gasteiger partial charge in [0, 0.05) is 44.9 Å². The molecule has 3 nitrogen and oxygen atoms in total. The lowest BCUT2D eigenvalue weighted by Crippen LogP contribution is -2.48. The van der Waals surface area contributed by atoms with Crippen LogP contribution in [0.15, 0.2) is 30.3 Å². The molecule has 1 aromatic rings. The molecule has 1 amide bonds. The van der Waals surface area contributed by atoms with Gasteiger partial charge in [-0.15, -0.1) is 0 Å². The Kier molecular flexibility index (Phi) is 5.73. The Morgan fingerprint density at radius 3 is 2.47 bits per heavy atom. The summed E-state index contributed by atoms with van der Waals surface area (Å²) in [7, 11) is 0. The number of nitrogens with zero attached hydrogens (tertiary/aromatic N) is 2. The number of carbonyl (C=O) groups excluding carboxylic acids is 1. The second kappa shape index (κ2) is 7.56. The molecule has 0 aromatic heterocycles. The highest BCUT2D eigenvalue weighted by atomic mass is 32.2. The molecule has 0 unspecified atom stereocenters. The van der Waals surface area contributed by atoms with E-state index in [0.717, 1.165) is 38.5 Å². The van der Waals surface area contributed by atoms with E-state index >= 15 is 0 Å². The van der Waals surface area contributed by atoms with Crippen molar-refractivity contribution in [2.45, 2.75) is 13.0 Å². The molecule has 0 spiro atoms. The highest BCUT2D eigenvalue weighted by Gasteiger charge is 2.20. The second-order valence-electron chi connectivity index (χ2n) is 4.89. The van der Waals surface area contributed by atoms with E-state index in [0.29, 0.717) is 12.3 Å². The van der Waals surface area contributed by atoms with Crippen molar-refractivity contribution in [1.82, 2.24) is 9.80 Å². The van der Waals surface area contributed by atoms with Crippen molar-refractivity contribution in [3.63, 3.8) is 0 Å². The standard InChI is InChI=1S/C15H22N2OS/c1-19-12-7-15(18)17-10-8-16(9-11-17)13-14-5-3-2-4-6-14/h2-6H,7-13H2,1H3. The Morgan fingerprint density at radius 2 is 1.84 bits per heavy atom. The van der Waals surface area contributed by atoms with E-state index in [-0.39, 0.29) is 0 Å². The molecule has 1 aliphatic heterocycles. The highest BCUT2D eigenvalue weighted by Crippen LogP contribution is 2.10. The molecule has 1 heterocycles. The monoisotopic (exact) mass is 278 g/mol. The predicted octanol–water partition coefficient (Wildman–Crippen LogP) is 2.08. The molecule has 4 heteroatoms. The highest BCUT2D eigenvalue weighted by molar-refractivity contribution is 7.98. The van der Waals surface area contributed by atoms with E-state index < -0.39 is 0 Å². The van der Waals surface area contributed by atoms with Crippen LogP contribution in [0, 0.1) is 0 Å². The Labute approximate surface area is 120 Å². The van der Waals surface area contributed by atoms with Crippen molar-refractivity contribution in [1.29, 1.82) is 0 Å². The topological polar surface area (TPSA) is 23.6 Å². The van der Waals surface area contributed by atoms with Gasteiger partial charge in [-0.1, -0.05) is 30.3 Å². The molecule has 0 radical (unpaired) electrons. The first kappa shape index (κ1) is 14.4. The van der Waals surface area contributed by atoms with Crippen LogP contribution in [-0.4, -0.2) is 53.9 Å². The maximum Gasteiger partial charge on any atom is 0.223 e.